The highest BCUT2D eigenvalue weighted by molar-refractivity contribution is 6.50. The fourth-order valence-electron chi connectivity index (χ4n) is 2.82. The lowest BCUT2D eigenvalue weighted by molar-refractivity contribution is 0.368. The summed E-state index contributed by atoms with van der Waals surface area (Å²) in [5, 5.41) is 2.36. The summed E-state index contributed by atoms with van der Waals surface area (Å²) in [6.45, 7) is 17.7. The van der Waals surface area contributed by atoms with Gasteiger partial charge in [-0.2, -0.15) is 0 Å². The van der Waals surface area contributed by atoms with Gasteiger partial charge < -0.3 is 17.3 Å². The second kappa shape index (κ2) is 6.55. The molecule has 0 saturated heterocycles. The molecule has 0 aliphatic carbocycles. The third kappa shape index (κ3) is 3.89. The quantitative estimate of drug-likeness (QED) is 0.364. The maximum Gasteiger partial charge on any atom is 0.673 e. The van der Waals surface area contributed by atoms with Crippen LogP contribution >= 0.6 is 0 Å². The Kier molecular flexibility index (Phi) is 5.57. The minimum atomic E-state index is -6.00. The third-order valence-corrected chi connectivity index (χ3v) is 4.77. The summed E-state index contributed by atoms with van der Waals surface area (Å²) in [6.07, 6.45) is 0. The molecule has 7 heteroatoms. The molecule has 0 unspecified atom stereocenters. The Morgan fingerprint density at radius 1 is 0.652 bits per heavy atom. The van der Waals surface area contributed by atoms with Crippen LogP contribution in [0.5, 0.6) is 0 Å². The lowest BCUT2D eigenvalue weighted by Gasteiger charge is -2.12. The molecule has 1 aromatic rings. The van der Waals surface area contributed by atoms with Gasteiger partial charge in [0.25, 0.3) is 0 Å². The highest BCUT2D eigenvalue weighted by Crippen LogP contribution is 2.33. The Bertz CT molecular complexity index is 626. The molecule has 2 rings (SSSR count). The van der Waals surface area contributed by atoms with Crippen LogP contribution in [0.15, 0.2) is 22.5 Å². The van der Waals surface area contributed by atoms with Crippen molar-refractivity contribution in [3.8, 4) is 0 Å². The van der Waals surface area contributed by atoms with E-state index in [1.165, 1.54) is 45.1 Å². The Balaban J connectivity index is 0.000000463. The maximum atomic E-state index is 9.75. The summed E-state index contributed by atoms with van der Waals surface area (Å²) in [6, 6.07) is 0. The van der Waals surface area contributed by atoms with Crippen molar-refractivity contribution in [2.24, 2.45) is 0 Å². The van der Waals surface area contributed by atoms with E-state index in [2.05, 4.69) is 65.1 Å². The number of allylic oxidation sites excluding steroid dienone is 4. The second-order valence-electron chi connectivity index (χ2n) is 5.96. The molecule has 0 spiro atoms. The molecule has 2 nitrogen and oxygen atoms in total. The first-order chi connectivity index (χ1) is 10.3. The maximum absolute atomic E-state index is 9.75. The van der Waals surface area contributed by atoms with Gasteiger partial charge >= 0.3 is 7.25 Å². The zero-order chi connectivity index (χ0) is 18.3. The van der Waals surface area contributed by atoms with E-state index >= 15 is 0 Å². The van der Waals surface area contributed by atoms with Gasteiger partial charge in [0.05, 0.1) is 11.4 Å². The van der Waals surface area contributed by atoms with Gasteiger partial charge in [0.15, 0.2) is 11.4 Å². The molecule has 0 saturated carbocycles. The van der Waals surface area contributed by atoms with E-state index < -0.39 is 7.25 Å². The topological polar surface area (TPSA) is 10.8 Å². The van der Waals surface area contributed by atoms with Crippen molar-refractivity contribution < 1.29 is 17.3 Å². The standard InChI is InChI=1S/C16H24N2.BF4/c1-9-10(2)14(6)17(13(9)5)18-15(7)11(3)12(4)16(18)8;2-1(3,4)5/h1-8H3;/q+1;-1. The van der Waals surface area contributed by atoms with Crippen LogP contribution in [-0.4, -0.2) is 11.9 Å². The van der Waals surface area contributed by atoms with E-state index in [1.54, 1.807) is 0 Å². The Labute approximate surface area is 135 Å². The van der Waals surface area contributed by atoms with Gasteiger partial charge in [0.2, 0.25) is 0 Å². The summed E-state index contributed by atoms with van der Waals surface area (Å²) in [5.41, 5.74) is 11.0. The average Bonchev–Trinajstić information content (AvgIpc) is 2.71. The summed E-state index contributed by atoms with van der Waals surface area (Å²) < 4.78 is 41.4. The van der Waals surface area contributed by atoms with Gasteiger partial charge in [-0.3, -0.25) is 0 Å². The number of nitrogens with zero attached hydrogens (tertiary/aromatic N) is 2. The van der Waals surface area contributed by atoms with E-state index in [0.29, 0.717) is 0 Å². The predicted molar refractivity (Wildman–Crippen MR) is 87.8 cm³/mol. The van der Waals surface area contributed by atoms with Crippen LogP contribution in [0, 0.1) is 27.7 Å². The van der Waals surface area contributed by atoms with Gasteiger partial charge in [-0.05, 0) is 52.7 Å². The average molecular weight is 331 g/mol. The molecule has 0 atom stereocenters. The molecular weight excluding hydrogens is 307 g/mol. The Morgan fingerprint density at radius 2 is 0.913 bits per heavy atom. The molecular formula is C16H24BF4N2. The lowest BCUT2D eigenvalue weighted by atomic mass is 10.1. The van der Waals surface area contributed by atoms with Crippen molar-refractivity contribution >= 4 is 7.25 Å². The predicted octanol–water partition coefficient (Wildman–Crippen LogP) is 5.53. The third-order valence-electron chi connectivity index (χ3n) is 4.77. The monoisotopic (exact) mass is 331 g/mol. The van der Waals surface area contributed by atoms with Gasteiger partial charge in [0, 0.05) is 30.0 Å². The van der Waals surface area contributed by atoms with E-state index in [-0.39, 0.29) is 0 Å². The van der Waals surface area contributed by atoms with Gasteiger partial charge in [-0.15, -0.1) is 4.68 Å². The molecule has 0 fully saturated rings. The molecule has 0 N–H and O–H groups in total. The van der Waals surface area contributed by atoms with Crippen molar-refractivity contribution in [1.82, 2.24) is 9.69 Å². The molecule has 23 heavy (non-hydrogen) atoms. The largest absolute Gasteiger partial charge is 0.673 e. The number of hydrogen-bond acceptors (Lipinski definition) is 1. The Hall–Kier alpha value is -1.50. The smallest absolute Gasteiger partial charge is 0.418 e. The molecule has 0 bridgehead atoms. The van der Waals surface area contributed by atoms with E-state index in [9.17, 15) is 17.3 Å². The minimum Gasteiger partial charge on any atom is -0.418 e. The Morgan fingerprint density at radius 3 is 1.17 bits per heavy atom. The highest BCUT2D eigenvalue weighted by Gasteiger charge is 2.37. The van der Waals surface area contributed by atoms with E-state index in [0.717, 1.165) is 0 Å². The highest BCUT2D eigenvalue weighted by atomic mass is 19.5. The first-order valence-electron chi connectivity index (χ1n) is 7.47. The normalized spacial score (nSPS) is 16.2. The van der Waals surface area contributed by atoms with E-state index in [1.807, 2.05) is 0 Å². The first-order valence-corrected chi connectivity index (χ1v) is 7.47. The van der Waals surface area contributed by atoms with Crippen molar-refractivity contribution in [2.45, 2.75) is 55.4 Å². The molecule has 1 aromatic heterocycles. The van der Waals surface area contributed by atoms with Crippen molar-refractivity contribution in [2.75, 3.05) is 0 Å². The molecule has 0 amide bonds. The fourth-order valence-corrected chi connectivity index (χ4v) is 2.82. The SMILES string of the molecule is CC1=C(C)[N+](n2c(C)c(C)c(C)c2C)C(C)=C1C.F[B-](F)(F)F. The van der Waals surface area contributed by atoms with Gasteiger partial charge in [-0.25, -0.2) is 0 Å². The molecule has 0 aromatic carbocycles. The zero-order valence-corrected chi connectivity index (χ0v) is 15.0. The van der Waals surface area contributed by atoms with Crippen LogP contribution in [0.1, 0.15) is 50.2 Å². The van der Waals surface area contributed by atoms with Gasteiger partial charge in [-0.1, -0.05) is 0 Å². The summed E-state index contributed by atoms with van der Waals surface area (Å²) >= 11 is 0. The minimum absolute atomic E-state index is 1.34. The van der Waals surface area contributed by atoms with Crippen LogP contribution in [0.2, 0.25) is 0 Å². The van der Waals surface area contributed by atoms with Crippen LogP contribution in [0.25, 0.3) is 0 Å². The van der Waals surface area contributed by atoms with Crippen LogP contribution in [0.4, 0.5) is 17.3 Å². The molecule has 129 valence electrons. The van der Waals surface area contributed by atoms with Crippen molar-refractivity contribution in [1.29, 1.82) is 0 Å². The van der Waals surface area contributed by atoms with E-state index in [4.69, 9.17) is 0 Å². The van der Waals surface area contributed by atoms with Crippen molar-refractivity contribution in [3.63, 3.8) is 0 Å². The van der Waals surface area contributed by atoms with Crippen LogP contribution in [-0.2, 0) is 0 Å². The fraction of sp³-hybridized carbons (Fsp3) is 0.500. The molecule has 1 radical (unpaired) electrons. The summed E-state index contributed by atoms with van der Waals surface area (Å²) in [7, 11) is -6.00. The number of hydrogen-bond donors (Lipinski definition) is 0. The second-order valence-corrected chi connectivity index (χ2v) is 5.96. The zero-order valence-electron chi connectivity index (χ0n) is 15.0. The number of halogens is 4. The molecule has 1 aliphatic heterocycles. The lowest BCUT2D eigenvalue weighted by Crippen LogP contribution is -2.32. The molecule has 2 heterocycles. The van der Waals surface area contributed by atoms with Crippen molar-refractivity contribution in [3.05, 3.63) is 45.1 Å². The number of aromatic nitrogens is 1. The molecule has 1 aliphatic rings. The summed E-state index contributed by atoms with van der Waals surface area (Å²) in [5.74, 6) is 0. The summed E-state index contributed by atoms with van der Waals surface area (Å²) in [4.78, 5) is 0. The van der Waals surface area contributed by atoms with Crippen LogP contribution in [0.3, 0.4) is 0 Å². The number of rotatable bonds is 1. The first kappa shape index (κ1) is 19.6. The van der Waals surface area contributed by atoms with Gasteiger partial charge in [0.1, 0.15) is 0 Å². The van der Waals surface area contributed by atoms with Crippen LogP contribution < -0.4 is 5.01 Å².